The molecule has 0 aliphatic rings. The Kier molecular flexibility index (Phi) is 6.79. The first-order chi connectivity index (χ1) is 12.0. The van der Waals surface area contributed by atoms with Crippen LogP contribution in [0.3, 0.4) is 0 Å². The van der Waals surface area contributed by atoms with Gasteiger partial charge in [0.25, 0.3) is 0 Å². The van der Waals surface area contributed by atoms with E-state index in [0.717, 1.165) is 5.56 Å². The van der Waals surface area contributed by atoms with Crippen LogP contribution in [0, 0.1) is 5.82 Å². The average Bonchev–Trinajstić information content (AvgIpc) is 2.65. The lowest BCUT2D eigenvalue weighted by molar-refractivity contribution is -0.118. The van der Waals surface area contributed by atoms with E-state index in [9.17, 15) is 9.18 Å². The molecule has 0 aliphatic heterocycles. The normalized spacial score (nSPS) is 13.6. The Morgan fingerprint density at radius 2 is 1.92 bits per heavy atom. The molecule has 0 radical (unpaired) electrons. The molecule has 25 heavy (non-hydrogen) atoms. The van der Waals surface area contributed by atoms with Gasteiger partial charge >= 0.3 is 0 Å². The van der Waals surface area contributed by atoms with E-state index in [2.05, 4.69) is 5.32 Å². The highest BCUT2D eigenvalue weighted by molar-refractivity contribution is 7.98. The van der Waals surface area contributed by atoms with E-state index in [1.807, 2.05) is 30.5 Å². The number of thioether (sulfide) groups is 1. The minimum atomic E-state index is -0.936. The van der Waals surface area contributed by atoms with Crippen LogP contribution in [0.25, 0.3) is 6.08 Å². The molecule has 3 nitrogen and oxygen atoms in total. The summed E-state index contributed by atoms with van der Waals surface area (Å²) in [6.45, 7) is 1.91. The number of carbonyl (C=O) groups is 1. The Morgan fingerprint density at radius 1 is 1.24 bits per heavy atom. The van der Waals surface area contributed by atoms with E-state index in [4.69, 9.17) is 4.74 Å². The Bertz CT molecular complexity index is 746. The quantitative estimate of drug-likeness (QED) is 0.594. The number of methoxy groups -OCH3 is 1. The summed E-state index contributed by atoms with van der Waals surface area (Å²) in [7, 11) is 1.50. The van der Waals surface area contributed by atoms with Gasteiger partial charge in [-0.25, -0.2) is 4.39 Å². The van der Waals surface area contributed by atoms with Crippen molar-refractivity contribution in [2.45, 2.75) is 17.4 Å². The first-order valence-corrected chi connectivity index (χ1v) is 9.11. The average molecular weight is 359 g/mol. The second-order valence-electron chi connectivity index (χ2n) is 5.74. The van der Waals surface area contributed by atoms with Crippen molar-refractivity contribution in [2.75, 3.05) is 19.9 Å². The number of hydrogen-bond donors (Lipinski definition) is 1. The Labute approximate surface area is 152 Å². The number of hydrogen-bond acceptors (Lipinski definition) is 3. The van der Waals surface area contributed by atoms with E-state index < -0.39 is 5.60 Å². The van der Waals surface area contributed by atoms with Gasteiger partial charge in [-0.1, -0.05) is 30.3 Å². The number of rotatable bonds is 7. The van der Waals surface area contributed by atoms with Crippen molar-refractivity contribution < 1.29 is 13.9 Å². The number of halogens is 1. The van der Waals surface area contributed by atoms with Gasteiger partial charge in [0.2, 0.25) is 5.91 Å². The lowest BCUT2D eigenvalue weighted by atomic mass is 9.95. The summed E-state index contributed by atoms with van der Waals surface area (Å²) in [5, 5.41) is 2.77. The highest BCUT2D eigenvalue weighted by Crippen LogP contribution is 2.26. The predicted molar refractivity (Wildman–Crippen MR) is 101 cm³/mol. The van der Waals surface area contributed by atoms with Gasteiger partial charge in [0.15, 0.2) is 0 Å². The molecule has 0 spiro atoms. The Morgan fingerprint density at radius 3 is 2.52 bits per heavy atom. The molecule has 2 rings (SSSR count). The Hall–Kier alpha value is -2.11. The van der Waals surface area contributed by atoms with E-state index in [-0.39, 0.29) is 18.3 Å². The van der Waals surface area contributed by atoms with Gasteiger partial charge in [-0.2, -0.15) is 0 Å². The summed E-state index contributed by atoms with van der Waals surface area (Å²) in [5.74, 6) is -0.612. The van der Waals surface area contributed by atoms with Crippen molar-refractivity contribution in [3.63, 3.8) is 0 Å². The number of amides is 1. The van der Waals surface area contributed by atoms with Gasteiger partial charge in [-0.05, 0) is 43.0 Å². The van der Waals surface area contributed by atoms with Crippen LogP contribution in [0.1, 0.15) is 18.1 Å². The van der Waals surface area contributed by atoms with Gasteiger partial charge in [0, 0.05) is 23.6 Å². The molecule has 0 unspecified atom stereocenters. The molecule has 1 N–H and O–H groups in total. The third kappa shape index (κ3) is 5.18. The maximum atomic E-state index is 14.0. The maximum Gasteiger partial charge on any atom is 0.244 e. The summed E-state index contributed by atoms with van der Waals surface area (Å²) in [5.41, 5.74) is 0.417. The lowest BCUT2D eigenvalue weighted by Crippen LogP contribution is -2.40. The van der Waals surface area contributed by atoms with Crippen LogP contribution in [-0.2, 0) is 15.1 Å². The summed E-state index contributed by atoms with van der Waals surface area (Å²) < 4.78 is 19.5. The highest BCUT2D eigenvalue weighted by Gasteiger charge is 2.29. The minimum Gasteiger partial charge on any atom is -0.372 e. The molecule has 0 fully saturated rings. The summed E-state index contributed by atoms with van der Waals surface area (Å²) in [6, 6.07) is 14.3. The second kappa shape index (κ2) is 8.83. The Balaban J connectivity index is 1.99. The van der Waals surface area contributed by atoms with Crippen LogP contribution in [0.15, 0.2) is 59.5 Å². The molecule has 2 aromatic rings. The van der Waals surface area contributed by atoms with Crippen molar-refractivity contribution in [3.05, 3.63) is 71.6 Å². The molecule has 0 bridgehead atoms. The minimum absolute atomic E-state index is 0.166. The number of benzene rings is 2. The molecule has 1 amide bonds. The molecule has 0 aliphatic carbocycles. The second-order valence-corrected chi connectivity index (χ2v) is 6.62. The fourth-order valence-corrected chi connectivity index (χ4v) is 2.78. The van der Waals surface area contributed by atoms with Crippen LogP contribution in [0.5, 0.6) is 0 Å². The standard InChI is InChI=1S/C20H22FNO2S/c1-20(24-2,17-6-4-5-7-18(17)21)14-22-19(23)13-10-15-8-11-16(25-3)12-9-15/h4-13H,14H2,1-3H3,(H,22,23)/b13-10+/t20-/m0/s1. The van der Waals surface area contributed by atoms with Gasteiger partial charge in [-0.15, -0.1) is 11.8 Å². The summed E-state index contributed by atoms with van der Waals surface area (Å²) in [4.78, 5) is 13.2. The van der Waals surface area contributed by atoms with Crippen LogP contribution in [0.2, 0.25) is 0 Å². The van der Waals surface area contributed by atoms with Crippen LogP contribution in [0.4, 0.5) is 4.39 Å². The zero-order valence-electron chi connectivity index (χ0n) is 14.6. The maximum absolute atomic E-state index is 14.0. The SMILES string of the molecule is CO[C@@](C)(CNC(=O)/C=C/c1ccc(SC)cc1)c1ccccc1F. The van der Waals surface area contributed by atoms with Crippen molar-refractivity contribution in [1.29, 1.82) is 0 Å². The molecule has 0 saturated heterocycles. The fraction of sp³-hybridized carbons (Fsp3) is 0.250. The zero-order chi connectivity index (χ0) is 18.3. The monoisotopic (exact) mass is 359 g/mol. The molecule has 2 aromatic carbocycles. The lowest BCUT2D eigenvalue weighted by Gasteiger charge is -2.29. The van der Waals surface area contributed by atoms with Crippen LogP contribution in [-0.4, -0.2) is 25.8 Å². The van der Waals surface area contributed by atoms with Gasteiger partial charge in [0.1, 0.15) is 11.4 Å². The first-order valence-electron chi connectivity index (χ1n) is 7.88. The van der Waals surface area contributed by atoms with Crippen LogP contribution >= 0.6 is 11.8 Å². The molecule has 5 heteroatoms. The highest BCUT2D eigenvalue weighted by atomic mass is 32.2. The number of carbonyl (C=O) groups excluding carboxylic acids is 1. The van der Waals surface area contributed by atoms with E-state index >= 15 is 0 Å². The van der Waals surface area contributed by atoms with E-state index in [1.165, 1.54) is 24.1 Å². The molecule has 1 atom stereocenters. The molecular weight excluding hydrogens is 337 g/mol. The third-order valence-corrected chi connectivity index (χ3v) is 4.78. The van der Waals surface area contributed by atoms with Crippen molar-refractivity contribution >= 4 is 23.7 Å². The molecule has 132 valence electrons. The smallest absolute Gasteiger partial charge is 0.244 e. The van der Waals surface area contributed by atoms with Gasteiger partial charge < -0.3 is 10.1 Å². The van der Waals surface area contributed by atoms with Crippen molar-refractivity contribution in [2.24, 2.45) is 0 Å². The van der Waals surface area contributed by atoms with Crippen molar-refractivity contribution in [1.82, 2.24) is 5.32 Å². The van der Waals surface area contributed by atoms with Crippen LogP contribution < -0.4 is 5.32 Å². The van der Waals surface area contributed by atoms with E-state index in [0.29, 0.717) is 5.56 Å². The molecule has 0 aromatic heterocycles. The fourth-order valence-electron chi connectivity index (χ4n) is 2.37. The third-order valence-electron chi connectivity index (χ3n) is 4.04. The molecular formula is C20H22FNO2S. The topological polar surface area (TPSA) is 38.3 Å². The largest absolute Gasteiger partial charge is 0.372 e. The number of ether oxygens (including phenoxy) is 1. The number of nitrogens with one attached hydrogen (secondary N) is 1. The van der Waals surface area contributed by atoms with Crippen molar-refractivity contribution in [3.8, 4) is 0 Å². The van der Waals surface area contributed by atoms with Gasteiger partial charge in [-0.3, -0.25) is 4.79 Å². The predicted octanol–water partition coefficient (Wildman–Crippen LogP) is 4.24. The molecule has 0 heterocycles. The zero-order valence-corrected chi connectivity index (χ0v) is 15.4. The summed E-state index contributed by atoms with van der Waals surface area (Å²) >= 11 is 1.67. The first kappa shape index (κ1) is 19.2. The van der Waals surface area contributed by atoms with E-state index in [1.54, 1.807) is 43.0 Å². The van der Waals surface area contributed by atoms with Gasteiger partial charge in [0.05, 0.1) is 6.54 Å². The molecule has 0 saturated carbocycles. The summed E-state index contributed by atoms with van der Waals surface area (Å²) in [6.07, 6.45) is 5.22.